The zero-order chi connectivity index (χ0) is 25.0. The summed E-state index contributed by atoms with van der Waals surface area (Å²) in [5, 5.41) is 0. The van der Waals surface area contributed by atoms with Gasteiger partial charge < -0.3 is 18.9 Å². The van der Waals surface area contributed by atoms with Crippen LogP contribution in [0.3, 0.4) is 0 Å². The van der Waals surface area contributed by atoms with Crippen molar-refractivity contribution in [1.29, 1.82) is 0 Å². The van der Waals surface area contributed by atoms with Gasteiger partial charge in [0, 0.05) is 6.42 Å². The van der Waals surface area contributed by atoms with E-state index in [1.54, 1.807) is 0 Å². The highest BCUT2D eigenvalue weighted by Gasteiger charge is 2.12. The highest BCUT2D eigenvalue weighted by atomic mass is 16.7. The number of rotatable bonds is 28. The SMILES string of the molecule is CCCCCCCCCOC(CCC)=C(OCCCCCCCCC)OCOCCCCCC. The van der Waals surface area contributed by atoms with E-state index in [0.717, 1.165) is 51.1 Å². The van der Waals surface area contributed by atoms with Crippen molar-refractivity contribution in [2.24, 2.45) is 0 Å². The smallest absolute Gasteiger partial charge is 0.321 e. The molecule has 0 atom stereocenters. The molecule has 0 fully saturated rings. The van der Waals surface area contributed by atoms with Crippen molar-refractivity contribution in [2.45, 2.75) is 156 Å². The molecule has 0 aromatic rings. The van der Waals surface area contributed by atoms with Crippen molar-refractivity contribution in [3.63, 3.8) is 0 Å². The lowest BCUT2D eigenvalue weighted by Crippen LogP contribution is -2.10. The molecule has 0 aliphatic carbocycles. The van der Waals surface area contributed by atoms with Gasteiger partial charge in [-0.2, -0.15) is 0 Å². The van der Waals surface area contributed by atoms with Crippen LogP contribution in [0.4, 0.5) is 0 Å². The molecular formula is C30H60O4. The first-order chi connectivity index (χ1) is 16.8. The fourth-order valence-corrected chi connectivity index (χ4v) is 3.93. The number of unbranched alkanes of at least 4 members (excludes halogenated alkanes) is 15. The van der Waals surface area contributed by atoms with Crippen molar-refractivity contribution in [3.05, 3.63) is 11.7 Å². The normalized spacial score (nSPS) is 12.0. The lowest BCUT2D eigenvalue weighted by Gasteiger charge is -2.18. The largest absolute Gasteiger partial charge is 0.491 e. The molecule has 0 aromatic carbocycles. The fraction of sp³-hybridized carbons (Fsp3) is 0.933. The Morgan fingerprint density at radius 1 is 0.412 bits per heavy atom. The molecular weight excluding hydrogens is 424 g/mol. The maximum atomic E-state index is 6.18. The Hall–Kier alpha value is -0.900. The first-order valence-corrected chi connectivity index (χ1v) is 15.0. The zero-order valence-electron chi connectivity index (χ0n) is 23.6. The van der Waals surface area contributed by atoms with Gasteiger partial charge in [0.25, 0.3) is 0 Å². The van der Waals surface area contributed by atoms with Crippen molar-refractivity contribution in [3.8, 4) is 0 Å². The summed E-state index contributed by atoms with van der Waals surface area (Å²) in [7, 11) is 0. The van der Waals surface area contributed by atoms with Gasteiger partial charge in [-0.25, -0.2) is 0 Å². The van der Waals surface area contributed by atoms with Crippen LogP contribution in [0.15, 0.2) is 11.7 Å². The molecule has 0 amide bonds. The van der Waals surface area contributed by atoms with E-state index in [1.807, 2.05) is 0 Å². The second kappa shape index (κ2) is 28.3. The van der Waals surface area contributed by atoms with Crippen LogP contribution in [0.1, 0.15) is 156 Å². The molecule has 0 N–H and O–H groups in total. The zero-order valence-corrected chi connectivity index (χ0v) is 23.6. The van der Waals surface area contributed by atoms with E-state index in [9.17, 15) is 0 Å². The van der Waals surface area contributed by atoms with E-state index in [1.165, 1.54) is 96.3 Å². The topological polar surface area (TPSA) is 36.9 Å². The van der Waals surface area contributed by atoms with Gasteiger partial charge in [-0.3, -0.25) is 0 Å². The Kier molecular flexibility index (Phi) is 27.6. The van der Waals surface area contributed by atoms with Gasteiger partial charge in [0.15, 0.2) is 12.6 Å². The second-order valence-corrected chi connectivity index (χ2v) is 9.63. The molecule has 0 radical (unpaired) electrons. The van der Waals surface area contributed by atoms with Gasteiger partial charge in [-0.1, -0.05) is 124 Å². The van der Waals surface area contributed by atoms with Crippen molar-refractivity contribution in [1.82, 2.24) is 0 Å². The van der Waals surface area contributed by atoms with Gasteiger partial charge in [-0.15, -0.1) is 0 Å². The lowest BCUT2D eigenvalue weighted by atomic mass is 10.1. The monoisotopic (exact) mass is 484 g/mol. The van der Waals surface area contributed by atoms with Gasteiger partial charge in [-0.05, 0) is 25.7 Å². The van der Waals surface area contributed by atoms with Gasteiger partial charge in [0.2, 0.25) is 0 Å². The lowest BCUT2D eigenvalue weighted by molar-refractivity contribution is -0.0845. The maximum absolute atomic E-state index is 6.18. The van der Waals surface area contributed by atoms with Crippen LogP contribution in [0, 0.1) is 0 Å². The molecule has 0 aliphatic heterocycles. The fourth-order valence-electron chi connectivity index (χ4n) is 3.93. The van der Waals surface area contributed by atoms with Crippen molar-refractivity contribution >= 4 is 0 Å². The van der Waals surface area contributed by atoms with Crippen molar-refractivity contribution < 1.29 is 18.9 Å². The van der Waals surface area contributed by atoms with Crippen LogP contribution in [-0.4, -0.2) is 26.6 Å². The van der Waals surface area contributed by atoms with Crippen LogP contribution in [0.2, 0.25) is 0 Å². The van der Waals surface area contributed by atoms with Crippen LogP contribution in [0.5, 0.6) is 0 Å². The van der Waals surface area contributed by atoms with E-state index in [2.05, 4.69) is 27.7 Å². The van der Waals surface area contributed by atoms with E-state index >= 15 is 0 Å². The molecule has 4 nitrogen and oxygen atoms in total. The molecule has 0 rings (SSSR count). The minimum absolute atomic E-state index is 0.243. The Bertz CT molecular complexity index is 422. The third-order valence-corrected chi connectivity index (χ3v) is 6.13. The van der Waals surface area contributed by atoms with Crippen molar-refractivity contribution in [2.75, 3.05) is 26.6 Å². The molecule has 4 heteroatoms. The summed E-state index contributed by atoms with van der Waals surface area (Å²) < 4.78 is 24.0. The first-order valence-electron chi connectivity index (χ1n) is 15.0. The first kappa shape index (κ1) is 33.1. The molecule has 0 unspecified atom stereocenters. The Balaban J connectivity index is 4.48. The summed E-state index contributed by atoms with van der Waals surface area (Å²) >= 11 is 0. The summed E-state index contributed by atoms with van der Waals surface area (Å²) in [5.74, 6) is 1.43. The van der Waals surface area contributed by atoms with E-state index in [4.69, 9.17) is 18.9 Å². The van der Waals surface area contributed by atoms with Crippen LogP contribution in [0.25, 0.3) is 0 Å². The highest BCUT2D eigenvalue weighted by Crippen LogP contribution is 2.18. The molecule has 34 heavy (non-hydrogen) atoms. The predicted molar refractivity (Wildman–Crippen MR) is 146 cm³/mol. The molecule has 0 bridgehead atoms. The molecule has 0 spiro atoms. The standard InChI is InChI=1S/C30H60O4/c1-5-9-12-15-17-19-22-26-32-29(24-8-4)30(34-28-31-25-21-14-11-7-3)33-27-23-20-18-16-13-10-6-2/h5-28H2,1-4H3. The summed E-state index contributed by atoms with van der Waals surface area (Å²) in [6, 6.07) is 0. The van der Waals surface area contributed by atoms with Gasteiger partial charge in [0.05, 0.1) is 19.8 Å². The van der Waals surface area contributed by atoms with Gasteiger partial charge in [0.1, 0.15) is 0 Å². The Morgan fingerprint density at radius 3 is 1.38 bits per heavy atom. The number of hydrogen-bond acceptors (Lipinski definition) is 4. The third kappa shape index (κ3) is 22.9. The minimum Gasteiger partial charge on any atom is -0.491 e. The number of allylic oxidation sites excluding steroid dienone is 1. The van der Waals surface area contributed by atoms with E-state index < -0.39 is 0 Å². The summed E-state index contributed by atoms with van der Waals surface area (Å²) in [6.07, 6.45) is 24.6. The second-order valence-electron chi connectivity index (χ2n) is 9.63. The average molecular weight is 485 g/mol. The van der Waals surface area contributed by atoms with Crippen LogP contribution >= 0.6 is 0 Å². The predicted octanol–water partition coefficient (Wildman–Crippen LogP) is 10.1. The minimum atomic E-state index is 0.243. The van der Waals surface area contributed by atoms with Crippen LogP contribution in [-0.2, 0) is 18.9 Å². The molecule has 0 heterocycles. The quantitative estimate of drug-likeness (QED) is 0.0628. The summed E-state index contributed by atoms with van der Waals surface area (Å²) in [4.78, 5) is 0. The van der Waals surface area contributed by atoms with Crippen LogP contribution < -0.4 is 0 Å². The highest BCUT2D eigenvalue weighted by molar-refractivity contribution is 4.95. The number of hydrogen-bond donors (Lipinski definition) is 0. The summed E-state index contributed by atoms with van der Waals surface area (Å²) in [6.45, 7) is 11.4. The molecule has 0 saturated carbocycles. The van der Waals surface area contributed by atoms with E-state index in [0.29, 0.717) is 12.6 Å². The van der Waals surface area contributed by atoms with E-state index in [-0.39, 0.29) is 6.79 Å². The van der Waals surface area contributed by atoms with Gasteiger partial charge >= 0.3 is 5.95 Å². The maximum Gasteiger partial charge on any atom is 0.321 e. The Morgan fingerprint density at radius 2 is 0.853 bits per heavy atom. The molecule has 0 aliphatic rings. The molecule has 0 saturated heterocycles. The average Bonchev–Trinajstić information content (AvgIpc) is 2.84. The number of ether oxygens (including phenoxy) is 4. The Labute approximate surface area is 213 Å². The molecule has 204 valence electrons. The molecule has 0 aromatic heterocycles. The third-order valence-electron chi connectivity index (χ3n) is 6.13. The summed E-state index contributed by atoms with van der Waals surface area (Å²) in [5.41, 5.74) is 0.